The molecule has 0 saturated heterocycles. The number of benzene rings is 1. The summed E-state index contributed by atoms with van der Waals surface area (Å²) in [6.07, 6.45) is 4.05. The number of aryl methyl sites for hydroxylation is 1. The van der Waals surface area contributed by atoms with E-state index in [2.05, 4.69) is 61.3 Å². The second kappa shape index (κ2) is 3.89. The van der Waals surface area contributed by atoms with Crippen LogP contribution in [0.1, 0.15) is 18.1 Å². The Bertz CT molecular complexity index is 430. The van der Waals surface area contributed by atoms with Gasteiger partial charge in [0.1, 0.15) is 13.1 Å². The molecule has 0 aliphatic carbocycles. The zero-order valence-corrected chi connectivity index (χ0v) is 9.49. The molecule has 2 rings (SSSR count). The van der Waals surface area contributed by atoms with Crippen LogP contribution >= 0.6 is 0 Å². The minimum Gasteiger partial charge on any atom is -0.374 e. The van der Waals surface area contributed by atoms with E-state index in [4.69, 9.17) is 0 Å². The fourth-order valence-corrected chi connectivity index (χ4v) is 2.05. The molecule has 2 nitrogen and oxygen atoms in total. The summed E-state index contributed by atoms with van der Waals surface area (Å²) >= 11 is 0. The maximum absolute atomic E-state index is 3.33. The summed E-state index contributed by atoms with van der Waals surface area (Å²) in [4.78, 5) is 0. The molecule has 0 bridgehead atoms. The van der Waals surface area contributed by atoms with Gasteiger partial charge in [0, 0.05) is 5.56 Å². The standard InChI is InChI=1S/C13H17N2/c1-10-6-4-5-7-12(10)13-11(2)14-8-9-15(13)3/h4-9,11,14H,1-3H3/q+1. The minimum atomic E-state index is 0.362. The lowest BCUT2D eigenvalue weighted by Crippen LogP contribution is -2.39. The van der Waals surface area contributed by atoms with Crippen LogP contribution < -0.4 is 5.32 Å². The van der Waals surface area contributed by atoms with E-state index in [-0.39, 0.29) is 0 Å². The van der Waals surface area contributed by atoms with Crippen LogP contribution in [0.4, 0.5) is 0 Å². The van der Waals surface area contributed by atoms with Crippen molar-refractivity contribution in [2.75, 3.05) is 7.05 Å². The quantitative estimate of drug-likeness (QED) is 0.686. The Balaban J connectivity index is 2.54. The summed E-state index contributed by atoms with van der Waals surface area (Å²) in [7, 11) is 2.09. The second-order valence-corrected chi connectivity index (χ2v) is 4.02. The number of hydrogen-bond donors (Lipinski definition) is 1. The highest BCUT2D eigenvalue weighted by Gasteiger charge is 2.23. The summed E-state index contributed by atoms with van der Waals surface area (Å²) in [6.45, 7) is 4.34. The summed E-state index contributed by atoms with van der Waals surface area (Å²) in [5.41, 5.74) is 3.98. The third-order valence-electron chi connectivity index (χ3n) is 2.86. The predicted molar refractivity (Wildman–Crippen MR) is 63.2 cm³/mol. The first-order chi connectivity index (χ1) is 7.20. The van der Waals surface area contributed by atoms with Crippen molar-refractivity contribution < 1.29 is 4.58 Å². The van der Waals surface area contributed by atoms with E-state index in [1.165, 1.54) is 16.8 Å². The van der Waals surface area contributed by atoms with Crippen LogP contribution in [0.25, 0.3) is 0 Å². The average Bonchev–Trinajstić information content (AvgIpc) is 2.20. The van der Waals surface area contributed by atoms with Gasteiger partial charge in [-0.2, -0.15) is 0 Å². The van der Waals surface area contributed by atoms with Gasteiger partial charge < -0.3 is 5.32 Å². The van der Waals surface area contributed by atoms with E-state index >= 15 is 0 Å². The van der Waals surface area contributed by atoms with E-state index in [0.717, 1.165) is 0 Å². The molecule has 0 saturated carbocycles. The highest BCUT2D eigenvalue weighted by molar-refractivity contribution is 6.02. The van der Waals surface area contributed by atoms with Crippen LogP contribution in [-0.4, -0.2) is 23.4 Å². The van der Waals surface area contributed by atoms with Gasteiger partial charge in [-0.25, -0.2) is 4.58 Å². The lowest BCUT2D eigenvalue weighted by Gasteiger charge is -2.17. The predicted octanol–water partition coefficient (Wildman–Crippen LogP) is 1.89. The van der Waals surface area contributed by atoms with Crippen LogP contribution in [0.3, 0.4) is 0 Å². The van der Waals surface area contributed by atoms with Crippen molar-refractivity contribution in [2.45, 2.75) is 19.9 Å². The van der Waals surface area contributed by atoms with Crippen molar-refractivity contribution in [1.29, 1.82) is 0 Å². The lowest BCUT2D eigenvalue weighted by molar-refractivity contribution is -0.425. The number of rotatable bonds is 1. The van der Waals surface area contributed by atoms with Gasteiger partial charge in [0.2, 0.25) is 5.71 Å². The molecule has 2 heteroatoms. The van der Waals surface area contributed by atoms with Crippen molar-refractivity contribution in [1.82, 2.24) is 5.32 Å². The van der Waals surface area contributed by atoms with Gasteiger partial charge in [-0.1, -0.05) is 18.2 Å². The number of nitrogens with one attached hydrogen (secondary N) is 1. The number of nitrogens with zero attached hydrogens (tertiary/aromatic N) is 1. The minimum absolute atomic E-state index is 0.362. The third kappa shape index (κ3) is 1.80. The van der Waals surface area contributed by atoms with Gasteiger partial charge in [-0.05, 0) is 25.5 Å². The molecule has 1 aliphatic heterocycles. The molecule has 0 fully saturated rings. The van der Waals surface area contributed by atoms with Gasteiger partial charge in [0.05, 0.1) is 6.20 Å². The van der Waals surface area contributed by atoms with E-state index in [0.29, 0.717) is 6.04 Å². The SMILES string of the molecule is Cc1ccccc1C1=[N+](C)C=CNC1C. The van der Waals surface area contributed by atoms with Gasteiger partial charge in [0.15, 0.2) is 6.20 Å². The first kappa shape index (κ1) is 9.97. The monoisotopic (exact) mass is 201 g/mol. The zero-order valence-electron chi connectivity index (χ0n) is 9.49. The lowest BCUT2D eigenvalue weighted by atomic mass is 9.98. The van der Waals surface area contributed by atoms with Crippen molar-refractivity contribution in [3.05, 3.63) is 47.8 Å². The molecule has 1 aromatic carbocycles. The Kier molecular flexibility index (Phi) is 2.58. The fraction of sp³-hybridized carbons (Fsp3) is 0.308. The molecule has 0 amide bonds. The maximum Gasteiger partial charge on any atom is 0.210 e. The molecule has 0 aromatic heterocycles. The molecule has 15 heavy (non-hydrogen) atoms. The van der Waals surface area contributed by atoms with Crippen LogP contribution in [-0.2, 0) is 0 Å². The van der Waals surface area contributed by atoms with E-state index in [1.54, 1.807) is 0 Å². The molecular formula is C13H17N2+. The van der Waals surface area contributed by atoms with Crippen LogP contribution in [0.15, 0.2) is 36.7 Å². The molecular weight excluding hydrogens is 184 g/mol. The molecule has 0 spiro atoms. The molecule has 1 heterocycles. The smallest absolute Gasteiger partial charge is 0.210 e. The third-order valence-corrected chi connectivity index (χ3v) is 2.86. The Labute approximate surface area is 90.9 Å². The largest absolute Gasteiger partial charge is 0.374 e. The van der Waals surface area contributed by atoms with Crippen LogP contribution in [0.2, 0.25) is 0 Å². The first-order valence-corrected chi connectivity index (χ1v) is 5.28. The Morgan fingerprint density at radius 2 is 2.00 bits per heavy atom. The van der Waals surface area contributed by atoms with Gasteiger partial charge in [-0.15, -0.1) is 0 Å². The molecule has 1 unspecified atom stereocenters. The normalized spacial score (nSPS) is 20.3. The van der Waals surface area contributed by atoms with Crippen molar-refractivity contribution in [3.63, 3.8) is 0 Å². The summed E-state index contributed by atoms with van der Waals surface area (Å²) in [6, 6.07) is 8.87. The Hall–Kier alpha value is -1.57. The molecule has 0 radical (unpaired) electrons. The van der Waals surface area contributed by atoms with Gasteiger partial charge in [0.25, 0.3) is 0 Å². The molecule has 78 valence electrons. The van der Waals surface area contributed by atoms with Gasteiger partial charge in [-0.3, -0.25) is 0 Å². The molecule has 1 aliphatic rings. The fourth-order valence-electron chi connectivity index (χ4n) is 2.05. The van der Waals surface area contributed by atoms with Gasteiger partial charge >= 0.3 is 0 Å². The van der Waals surface area contributed by atoms with Crippen molar-refractivity contribution in [2.24, 2.45) is 0 Å². The van der Waals surface area contributed by atoms with Crippen LogP contribution in [0.5, 0.6) is 0 Å². The van der Waals surface area contributed by atoms with E-state index < -0.39 is 0 Å². The molecule has 1 N–H and O–H groups in total. The van der Waals surface area contributed by atoms with Crippen molar-refractivity contribution in [3.8, 4) is 0 Å². The second-order valence-electron chi connectivity index (χ2n) is 4.02. The highest BCUT2D eigenvalue weighted by Crippen LogP contribution is 2.12. The topological polar surface area (TPSA) is 15.0 Å². The maximum atomic E-state index is 3.33. The summed E-state index contributed by atoms with van der Waals surface area (Å²) in [5, 5.41) is 3.33. The van der Waals surface area contributed by atoms with E-state index in [9.17, 15) is 0 Å². The average molecular weight is 201 g/mol. The molecule has 1 aromatic rings. The Morgan fingerprint density at radius 1 is 1.27 bits per heavy atom. The zero-order chi connectivity index (χ0) is 10.8. The summed E-state index contributed by atoms with van der Waals surface area (Å²) < 4.78 is 2.18. The van der Waals surface area contributed by atoms with E-state index in [1.807, 2.05) is 6.20 Å². The Morgan fingerprint density at radius 3 is 2.67 bits per heavy atom. The van der Waals surface area contributed by atoms with Crippen LogP contribution in [0, 0.1) is 6.92 Å². The summed E-state index contributed by atoms with van der Waals surface area (Å²) in [5.74, 6) is 0. The van der Waals surface area contributed by atoms with Crippen molar-refractivity contribution >= 4 is 5.71 Å². The number of hydrogen-bond acceptors (Lipinski definition) is 1. The highest BCUT2D eigenvalue weighted by atomic mass is 15.1. The molecule has 1 atom stereocenters. The first-order valence-electron chi connectivity index (χ1n) is 5.28.